The van der Waals surface area contributed by atoms with Crippen LogP contribution in [0, 0.1) is 5.92 Å². The van der Waals surface area contributed by atoms with E-state index in [1.807, 2.05) is 44.2 Å². The topological polar surface area (TPSA) is 95.6 Å². The molecule has 0 bridgehead atoms. The maximum absolute atomic E-state index is 12.9. The van der Waals surface area contributed by atoms with Crippen molar-refractivity contribution in [2.45, 2.75) is 37.6 Å². The Morgan fingerprint density at radius 1 is 1.08 bits per heavy atom. The van der Waals surface area contributed by atoms with Gasteiger partial charge in [-0.05, 0) is 54.5 Å². The highest BCUT2D eigenvalue weighted by molar-refractivity contribution is 7.89. The third-order valence-electron chi connectivity index (χ3n) is 5.51. The van der Waals surface area contributed by atoms with Gasteiger partial charge in [0.05, 0.1) is 9.90 Å². The molecule has 1 atom stereocenters. The number of amides is 2. The molecule has 36 heavy (non-hydrogen) atoms. The van der Waals surface area contributed by atoms with Gasteiger partial charge in [-0.3, -0.25) is 9.59 Å². The van der Waals surface area contributed by atoms with E-state index in [0.29, 0.717) is 22.7 Å². The summed E-state index contributed by atoms with van der Waals surface area (Å²) in [5, 5.41) is 7.06. The van der Waals surface area contributed by atoms with E-state index in [0.717, 1.165) is 10.1 Å². The number of sulfonamides is 1. The Hall–Kier alpha value is -2.17. The number of carbonyl (C=O) groups excluding carboxylic acids is 2. The maximum atomic E-state index is 12.9. The Balaban J connectivity index is 1.56. The van der Waals surface area contributed by atoms with Crippen molar-refractivity contribution in [2.24, 2.45) is 5.92 Å². The van der Waals surface area contributed by atoms with Crippen LogP contribution in [0.5, 0.6) is 0 Å². The van der Waals surface area contributed by atoms with E-state index in [1.54, 1.807) is 0 Å². The fraction of sp³-hybridized carbons (Fsp3) is 0.360. The second kappa shape index (κ2) is 12.4. The number of nitrogens with zero attached hydrogens (tertiary/aromatic N) is 1. The molecule has 2 amide bonds. The predicted molar refractivity (Wildman–Crippen MR) is 146 cm³/mol. The average Bonchev–Trinajstić information content (AvgIpc) is 3.25. The molecule has 0 aliphatic carbocycles. The highest BCUT2D eigenvalue weighted by atomic mass is 35.5. The summed E-state index contributed by atoms with van der Waals surface area (Å²) >= 11 is 13.3. The van der Waals surface area contributed by atoms with Gasteiger partial charge in [0.15, 0.2) is 0 Å². The molecule has 0 unspecified atom stereocenters. The number of thiophene rings is 1. The molecule has 2 aromatic carbocycles. The summed E-state index contributed by atoms with van der Waals surface area (Å²) in [6.07, 6.45) is 0.858. The van der Waals surface area contributed by atoms with Crippen LogP contribution in [0.2, 0.25) is 10.0 Å². The van der Waals surface area contributed by atoms with Crippen LogP contribution in [0.1, 0.15) is 36.4 Å². The normalized spacial score (nSPS) is 12.8. The second-order valence-electron chi connectivity index (χ2n) is 8.85. The van der Waals surface area contributed by atoms with Crippen molar-refractivity contribution < 1.29 is 18.0 Å². The number of hydrogen-bond donors (Lipinski definition) is 2. The van der Waals surface area contributed by atoms with Gasteiger partial charge in [0.1, 0.15) is 10.9 Å². The van der Waals surface area contributed by atoms with E-state index < -0.39 is 16.1 Å². The summed E-state index contributed by atoms with van der Waals surface area (Å²) in [6.45, 7) is 4.38. The van der Waals surface area contributed by atoms with Gasteiger partial charge >= 0.3 is 0 Å². The van der Waals surface area contributed by atoms with E-state index in [4.69, 9.17) is 23.2 Å². The van der Waals surface area contributed by atoms with Crippen molar-refractivity contribution in [1.29, 1.82) is 0 Å². The van der Waals surface area contributed by atoms with E-state index in [1.165, 1.54) is 40.9 Å². The molecular weight excluding hydrogens is 541 g/mol. The molecule has 0 spiro atoms. The molecular formula is C25H29Cl2N3O4S2. The summed E-state index contributed by atoms with van der Waals surface area (Å²) in [5.41, 5.74) is 0. The Bertz CT molecular complexity index is 1310. The van der Waals surface area contributed by atoms with Gasteiger partial charge in [0.25, 0.3) is 5.91 Å². The lowest BCUT2D eigenvalue weighted by molar-refractivity contribution is -0.123. The number of fused-ring (bicyclic) bond motifs is 1. The molecule has 1 heterocycles. The van der Waals surface area contributed by atoms with Crippen molar-refractivity contribution in [3.05, 3.63) is 63.5 Å². The van der Waals surface area contributed by atoms with Crippen molar-refractivity contribution in [3.63, 3.8) is 0 Å². The summed E-state index contributed by atoms with van der Waals surface area (Å²) in [4.78, 5) is 26.2. The first-order chi connectivity index (χ1) is 17.0. The molecule has 0 fully saturated rings. The van der Waals surface area contributed by atoms with E-state index in [-0.39, 0.29) is 40.7 Å². The number of nitrogens with one attached hydrogen (secondary N) is 2. The number of rotatable bonds is 11. The summed E-state index contributed by atoms with van der Waals surface area (Å²) in [5.74, 6) is -0.407. The number of benzene rings is 2. The molecule has 3 rings (SSSR count). The summed E-state index contributed by atoms with van der Waals surface area (Å²) in [6, 6.07) is 13.1. The zero-order valence-electron chi connectivity index (χ0n) is 20.3. The fourth-order valence-corrected chi connectivity index (χ4v) is 6.55. The minimum absolute atomic E-state index is 0.0268. The van der Waals surface area contributed by atoms with Gasteiger partial charge in [-0.2, -0.15) is 0 Å². The second-order valence-corrected chi connectivity index (χ2v) is 12.8. The van der Waals surface area contributed by atoms with Gasteiger partial charge in [-0.25, -0.2) is 12.7 Å². The van der Waals surface area contributed by atoms with Crippen molar-refractivity contribution >= 4 is 66.5 Å². The summed E-state index contributed by atoms with van der Waals surface area (Å²) < 4.78 is 27.8. The van der Waals surface area contributed by atoms with Gasteiger partial charge in [-0.15, -0.1) is 11.3 Å². The van der Waals surface area contributed by atoms with Gasteiger partial charge in [0, 0.05) is 29.9 Å². The maximum Gasteiger partial charge on any atom is 0.262 e. The van der Waals surface area contributed by atoms with Crippen molar-refractivity contribution in [3.8, 4) is 0 Å². The van der Waals surface area contributed by atoms with Crippen LogP contribution in [0.4, 0.5) is 0 Å². The van der Waals surface area contributed by atoms with Crippen LogP contribution in [0.25, 0.3) is 10.1 Å². The lowest BCUT2D eigenvalue weighted by Crippen LogP contribution is -2.47. The lowest BCUT2D eigenvalue weighted by atomic mass is 10.0. The van der Waals surface area contributed by atoms with Gasteiger partial charge in [-0.1, -0.05) is 55.2 Å². The number of hydrogen-bond acceptors (Lipinski definition) is 5. The first-order valence-corrected chi connectivity index (χ1v) is 14.5. The Morgan fingerprint density at radius 3 is 2.47 bits per heavy atom. The van der Waals surface area contributed by atoms with E-state index >= 15 is 0 Å². The number of carbonyl (C=O) groups is 2. The predicted octanol–water partition coefficient (Wildman–Crippen LogP) is 5.18. The largest absolute Gasteiger partial charge is 0.354 e. The van der Waals surface area contributed by atoms with Crippen molar-refractivity contribution in [1.82, 2.24) is 14.9 Å². The number of halogens is 2. The monoisotopic (exact) mass is 569 g/mol. The third-order valence-corrected chi connectivity index (χ3v) is 9.20. The van der Waals surface area contributed by atoms with Crippen LogP contribution in [-0.2, 0) is 14.8 Å². The molecule has 0 aliphatic heterocycles. The van der Waals surface area contributed by atoms with Crippen LogP contribution < -0.4 is 10.6 Å². The van der Waals surface area contributed by atoms with E-state index in [2.05, 4.69) is 10.6 Å². The van der Waals surface area contributed by atoms with Crippen LogP contribution in [-0.4, -0.2) is 50.7 Å². The minimum atomic E-state index is -3.80. The van der Waals surface area contributed by atoms with Gasteiger partial charge in [0.2, 0.25) is 15.9 Å². The third kappa shape index (κ3) is 7.20. The molecule has 11 heteroatoms. The summed E-state index contributed by atoms with van der Waals surface area (Å²) in [7, 11) is -2.35. The quantitative estimate of drug-likeness (QED) is 0.311. The first kappa shape index (κ1) is 28.4. The van der Waals surface area contributed by atoms with Crippen LogP contribution >= 0.6 is 34.5 Å². The molecule has 194 valence electrons. The molecule has 0 radical (unpaired) electrons. The molecule has 3 aromatic rings. The zero-order chi connectivity index (χ0) is 26.5. The SMILES string of the molecule is CC(C)C[C@H](NC(=O)c1cc2ccccc2s1)C(=O)NCCCN(C)S(=O)(=O)c1ccc(Cl)cc1Cl. The lowest BCUT2D eigenvalue weighted by Gasteiger charge is -2.21. The standard InChI is InChI=1S/C25H29Cl2N3O4S2/c1-16(2)13-20(29-25(32)22-14-17-7-4-5-8-21(17)35-22)24(31)28-11-6-12-30(3)36(33,34)23-10-9-18(26)15-19(23)27/h4-5,7-10,14-16,20H,6,11-13H2,1-3H3,(H,28,31)(H,29,32)/t20-/m0/s1. The Labute approximate surface area is 225 Å². The van der Waals surface area contributed by atoms with Gasteiger partial charge < -0.3 is 10.6 Å². The van der Waals surface area contributed by atoms with Crippen LogP contribution in [0.3, 0.4) is 0 Å². The zero-order valence-corrected chi connectivity index (χ0v) is 23.4. The van der Waals surface area contributed by atoms with Crippen LogP contribution in [0.15, 0.2) is 53.4 Å². The molecule has 1 aromatic heterocycles. The highest BCUT2D eigenvalue weighted by Gasteiger charge is 2.25. The van der Waals surface area contributed by atoms with E-state index in [9.17, 15) is 18.0 Å². The average molecular weight is 571 g/mol. The smallest absolute Gasteiger partial charge is 0.262 e. The Morgan fingerprint density at radius 2 is 1.81 bits per heavy atom. The molecule has 2 N–H and O–H groups in total. The first-order valence-electron chi connectivity index (χ1n) is 11.5. The molecule has 0 saturated carbocycles. The Kier molecular flexibility index (Phi) is 9.77. The minimum Gasteiger partial charge on any atom is -0.354 e. The van der Waals surface area contributed by atoms with Crippen molar-refractivity contribution in [2.75, 3.05) is 20.1 Å². The molecule has 0 aliphatic rings. The fourth-order valence-electron chi connectivity index (χ4n) is 3.64. The molecule has 0 saturated heterocycles. The molecule has 7 nitrogen and oxygen atoms in total. The highest BCUT2D eigenvalue weighted by Crippen LogP contribution is 2.27.